The number of aromatic amines is 1. The molecule has 0 saturated heterocycles. The van der Waals surface area contributed by atoms with Crippen LogP contribution in [0.25, 0.3) is 6.08 Å². The van der Waals surface area contributed by atoms with Crippen LogP contribution in [0.1, 0.15) is 25.4 Å². The first-order valence-electron chi connectivity index (χ1n) is 5.07. The quantitative estimate of drug-likeness (QED) is 0.788. The van der Waals surface area contributed by atoms with E-state index in [2.05, 4.69) is 21.0 Å². The minimum absolute atomic E-state index is 0.569. The smallest absolute Gasteiger partial charge is 0.130 e. The van der Waals surface area contributed by atoms with Gasteiger partial charge in [0.25, 0.3) is 0 Å². The van der Waals surface area contributed by atoms with Crippen LogP contribution in [0.5, 0.6) is 0 Å². The normalized spacial score (nSPS) is 13.1. The highest BCUT2D eigenvalue weighted by atomic mass is 14.9. The average Bonchev–Trinajstić information content (AvgIpc) is 2.63. The molecule has 0 saturated carbocycles. The fourth-order valence-electron chi connectivity index (χ4n) is 1.24. The van der Waals surface area contributed by atoms with Crippen LogP contribution in [0, 0.1) is 23.7 Å². The summed E-state index contributed by atoms with van der Waals surface area (Å²) < 4.78 is 0. The van der Waals surface area contributed by atoms with Crippen molar-refractivity contribution < 1.29 is 0 Å². The van der Waals surface area contributed by atoms with Gasteiger partial charge in [0.2, 0.25) is 0 Å². The molecule has 1 N–H and O–H groups in total. The summed E-state index contributed by atoms with van der Waals surface area (Å²) in [6.45, 7) is 5.65. The average molecular weight is 216 g/mol. The first-order chi connectivity index (χ1) is 7.49. The number of allylic oxidation sites excluding steroid dienone is 1. The molecule has 0 aromatic carbocycles. The van der Waals surface area contributed by atoms with Crippen LogP contribution in [0.2, 0.25) is 0 Å². The van der Waals surface area contributed by atoms with Crippen molar-refractivity contribution in [2.24, 2.45) is 10.4 Å². The predicted molar refractivity (Wildman–Crippen MR) is 65.1 cm³/mol. The summed E-state index contributed by atoms with van der Waals surface area (Å²) in [6.07, 6.45) is 5.30. The van der Waals surface area contributed by atoms with E-state index < -0.39 is 5.41 Å². The van der Waals surface area contributed by atoms with E-state index in [0.717, 1.165) is 17.1 Å². The fraction of sp³-hybridized carbons (Fsp3) is 0.417. The number of aromatic nitrogens is 2. The second kappa shape index (κ2) is 4.75. The van der Waals surface area contributed by atoms with Crippen molar-refractivity contribution >= 4 is 12.3 Å². The molecule has 0 aliphatic rings. The molecule has 84 valence electrons. The van der Waals surface area contributed by atoms with Crippen molar-refractivity contribution in [3.05, 3.63) is 23.3 Å². The van der Waals surface area contributed by atoms with Gasteiger partial charge in [-0.3, -0.25) is 4.99 Å². The highest BCUT2D eigenvalue weighted by Gasteiger charge is 2.21. The lowest BCUT2D eigenvalue weighted by Gasteiger charge is -2.15. The van der Waals surface area contributed by atoms with Crippen LogP contribution in [0.15, 0.2) is 16.8 Å². The van der Waals surface area contributed by atoms with Gasteiger partial charge in [0.15, 0.2) is 0 Å². The molecule has 1 heterocycles. The summed E-state index contributed by atoms with van der Waals surface area (Å²) in [4.78, 5) is 11.3. The number of imidazole rings is 1. The Balaban J connectivity index is 3.13. The molecule has 4 nitrogen and oxygen atoms in total. The van der Waals surface area contributed by atoms with Gasteiger partial charge in [-0.05, 0) is 32.4 Å². The Morgan fingerprint density at radius 1 is 1.62 bits per heavy atom. The second-order valence-corrected chi connectivity index (χ2v) is 4.18. The van der Waals surface area contributed by atoms with Crippen molar-refractivity contribution in [1.29, 1.82) is 5.26 Å². The van der Waals surface area contributed by atoms with Crippen molar-refractivity contribution in [2.75, 3.05) is 7.05 Å². The summed E-state index contributed by atoms with van der Waals surface area (Å²) in [5, 5.41) is 9.09. The fourth-order valence-corrected chi connectivity index (χ4v) is 1.24. The van der Waals surface area contributed by atoms with Gasteiger partial charge in [-0.25, -0.2) is 4.98 Å². The Hall–Kier alpha value is -1.89. The number of H-pyrrole nitrogens is 1. The van der Waals surface area contributed by atoms with E-state index in [1.807, 2.05) is 26.8 Å². The monoisotopic (exact) mass is 216 g/mol. The third-order valence-corrected chi connectivity index (χ3v) is 2.28. The SMILES string of the molecule is C/N=C\C(=C/c1ncc(C)[nH]1)C(C)(C)C#N. The number of aliphatic imine (C=N–C) groups is 1. The summed E-state index contributed by atoms with van der Waals surface area (Å²) in [5.41, 5.74) is 1.26. The van der Waals surface area contributed by atoms with Crippen LogP contribution in [0.3, 0.4) is 0 Å². The molecule has 0 bridgehead atoms. The first-order valence-corrected chi connectivity index (χ1v) is 5.07. The van der Waals surface area contributed by atoms with Gasteiger partial charge in [0.05, 0.1) is 11.5 Å². The zero-order valence-electron chi connectivity index (χ0n) is 10.1. The molecule has 0 atom stereocenters. The topological polar surface area (TPSA) is 64.8 Å². The predicted octanol–water partition coefficient (Wildman–Crippen LogP) is 2.35. The molecular formula is C12H16N4. The van der Waals surface area contributed by atoms with Gasteiger partial charge < -0.3 is 4.98 Å². The van der Waals surface area contributed by atoms with Gasteiger partial charge >= 0.3 is 0 Å². The van der Waals surface area contributed by atoms with Gasteiger partial charge in [-0.2, -0.15) is 5.26 Å². The molecule has 0 spiro atoms. The lowest BCUT2D eigenvalue weighted by atomic mass is 9.86. The van der Waals surface area contributed by atoms with E-state index in [-0.39, 0.29) is 0 Å². The summed E-state index contributed by atoms with van der Waals surface area (Å²) in [5.74, 6) is 0.746. The maximum atomic E-state index is 9.09. The van der Waals surface area contributed by atoms with E-state index >= 15 is 0 Å². The molecule has 0 aliphatic carbocycles. The molecule has 0 aliphatic heterocycles. The number of nitrogens with one attached hydrogen (secondary N) is 1. The zero-order valence-corrected chi connectivity index (χ0v) is 10.1. The lowest BCUT2D eigenvalue weighted by Crippen LogP contribution is -2.13. The van der Waals surface area contributed by atoms with Gasteiger partial charge in [-0.15, -0.1) is 0 Å². The number of nitriles is 1. The molecule has 16 heavy (non-hydrogen) atoms. The Kier molecular flexibility index (Phi) is 3.62. The highest BCUT2D eigenvalue weighted by Crippen LogP contribution is 2.25. The molecular weight excluding hydrogens is 200 g/mol. The zero-order chi connectivity index (χ0) is 12.2. The number of hydrogen-bond acceptors (Lipinski definition) is 3. The third-order valence-electron chi connectivity index (χ3n) is 2.28. The first kappa shape index (κ1) is 12.2. The molecule has 0 radical (unpaired) electrons. The third kappa shape index (κ3) is 2.80. The lowest BCUT2D eigenvalue weighted by molar-refractivity contribution is 0.627. The molecule has 1 rings (SSSR count). The Labute approximate surface area is 95.7 Å². The van der Waals surface area contributed by atoms with Crippen molar-refractivity contribution in [2.45, 2.75) is 20.8 Å². The molecule has 0 unspecified atom stereocenters. The van der Waals surface area contributed by atoms with Gasteiger partial charge in [-0.1, -0.05) is 0 Å². The van der Waals surface area contributed by atoms with Gasteiger partial charge in [0, 0.05) is 25.2 Å². The van der Waals surface area contributed by atoms with Crippen molar-refractivity contribution in [3.63, 3.8) is 0 Å². The summed E-state index contributed by atoms with van der Waals surface area (Å²) in [7, 11) is 1.69. The second-order valence-electron chi connectivity index (χ2n) is 4.18. The van der Waals surface area contributed by atoms with E-state index in [1.165, 1.54) is 0 Å². The van der Waals surface area contributed by atoms with Crippen molar-refractivity contribution in [3.8, 4) is 6.07 Å². The van der Waals surface area contributed by atoms with E-state index in [0.29, 0.717) is 0 Å². The van der Waals surface area contributed by atoms with E-state index in [9.17, 15) is 0 Å². The summed E-state index contributed by atoms with van der Waals surface area (Å²) >= 11 is 0. The van der Waals surface area contributed by atoms with E-state index in [1.54, 1.807) is 19.5 Å². The molecule has 4 heteroatoms. The Bertz CT molecular complexity index is 458. The maximum absolute atomic E-state index is 9.09. The van der Waals surface area contributed by atoms with Crippen LogP contribution >= 0.6 is 0 Å². The van der Waals surface area contributed by atoms with Crippen LogP contribution in [-0.2, 0) is 0 Å². The van der Waals surface area contributed by atoms with E-state index in [4.69, 9.17) is 5.26 Å². The van der Waals surface area contributed by atoms with Crippen LogP contribution in [-0.4, -0.2) is 23.2 Å². The van der Waals surface area contributed by atoms with Crippen LogP contribution in [0.4, 0.5) is 0 Å². The minimum Gasteiger partial charge on any atom is -0.343 e. The number of aryl methyl sites for hydroxylation is 1. The Morgan fingerprint density at radius 2 is 2.31 bits per heavy atom. The molecule has 0 fully saturated rings. The van der Waals surface area contributed by atoms with Gasteiger partial charge in [0.1, 0.15) is 5.82 Å². The number of rotatable bonds is 3. The standard InChI is InChI=1S/C12H16N4/c1-9-6-15-11(16-9)5-10(7-14-4)12(2,3)8-13/h5-7H,1-4H3,(H,15,16)/b10-5+,14-7-. The van der Waals surface area contributed by atoms with Crippen molar-refractivity contribution in [1.82, 2.24) is 9.97 Å². The Morgan fingerprint density at radius 3 is 2.75 bits per heavy atom. The number of hydrogen-bond donors (Lipinski definition) is 1. The molecule has 1 aromatic rings. The largest absolute Gasteiger partial charge is 0.343 e. The summed E-state index contributed by atoms with van der Waals surface area (Å²) in [6, 6.07) is 2.25. The molecule has 1 aromatic heterocycles. The maximum Gasteiger partial charge on any atom is 0.130 e. The number of nitrogens with zero attached hydrogens (tertiary/aromatic N) is 3. The highest BCUT2D eigenvalue weighted by molar-refractivity contribution is 5.87. The van der Waals surface area contributed by atoms with Crippen LogP contribution < -0.4 is 0 Å². The molecule has 0 amide bonds. The minimum atomic E-state index is -0.569.